The lowest BCUT2D eigenvalue weighted by atomic mass is 9.97. The third-order valence-electron chi connectivity index (χ3n) is 4.52. The highest BCUT2D eigenvalue weighted by Gasteiger charge is 2.30. The molecular formula is C17H23N3O3. The quantitative estimate of drug-likeness (QED) is 0.863. The van der Waals surface area contributed by atoms with Gasteiger partial charge in [-0.2, -0.15) is 4.98 Å². The van der Waals surface area contributed by atoms with Gasteiger partial charge in [-0.3, -0.25) is 4.79 Å². The second-order valence-corrected chi connectivity index (χ2v) is 6.30. The van der Waals surface area contributed by atoms with Crippen LogP contribution in [0.3, 0.4) is 0 Å². The van der Waals surface area contributed by atoms with Crippen LogP contribution in [-0.4, -0.2) is 34.0 Å². The Bertz CT molecular complexity index is 676. The summed E-state index contributed by atoms with van der Waals surface area (Å²) in [5.74, 6) is 2.88. The first-order valence-electron chi connectivity index (χ1n) is 8.27. The molecule has 0 aliphatic carbocycles. The second-order valence-electron chi connectivity index (χ2n) is 6.30. The third kappa shape index (κ3) is 3.30. The van der Waals surface area contributed by atoms with E-state index in [0.717, 1.165) is 37.4 Å². The monoisotopic (exact) mass is 317 g/mol. The molecule has 1 aliphatic heterocycles. The van der Waals surface area contributed by atoms with E-state index in [4.69, 9.17) is 8.94 Å². The van der Waals surface area contributed by atoms with Crippen LogP contribution in [0, 0.1) is 6.92 Å². The maximum Gasteiger partial charge on any atom is 0.289 e. The van der Waals surface area contributed by atoms with Gasteiger partial charge in [0.05, 0.1) is 5.92 Å². The van der Waals surface area contributed by atoms with E-state index in [9.17, 15) is 4.79 Å². The Hall–Kier alpha value is -2.11. The summed E-state index contributed by atoms with van der Waals surface area (Å²) in [7, 11) is 0. The first-order valence-corrected chi connectivity index (χ1v) is 8.27. The minimum absolute atomic E-state index is 0.0653. The first-order chi connectivity index (χ1) is 11.1. The van der Waals surface area contributed by atoms with Crippen LogP contribution in [0.1, 0.15) is 73.0 Å². The van der Waals surface area contributed by atoms with Crippen molar-refractivity contribution in [1.29, 1.82) is 0 Å². The lowest BCUT2D eigenvalue weighted by molar-refractivity contribution is 0.0662. The van der Waals surface area contributed by atoms with Crippen LogP contribution in [0.4, 0.5) is 0 Å². The van der Waals surface area contributed by atoms with Crippen molar-refractivity contribution in [3.8, 4) is 0 Å². The van der Waals surface area contributed by atoms with Crippen LogP contribution in [-0.2, 0) is 0 Å². The molecule has 1 aliphatic rings. The number of carbonyl (C=O) groups excluding carboxylic acids is 1. The summed E-state index contributed by atoms with van der Waals surface area (Å²) in [4.78, 5) is 18.9. The number of carbonyl (C=O) groups is 1. The molecule has 0 radical (unpaired) electrons. The Labute approximate surface area is 135 Å². The van der Waals surface area contributed by atoms with E-state index in [-0.39, 0.29) is 11.8 Å². The Morgan fingerprint density at radius 3 is 3.00 bits per heavy atom. The molecule has 124 valence electrons. The molecule has 3 rings (SSSR count). The lowest BCUT2D eigenvalue weighted by Crippen LogP contribution is -2.39. The van der Waals surface area contributed by atoms with Gasteiger partial charge in [-0.15, -0.1) is 0 Å². The fraction of sp³-hybridized carbons (Fsp3) is 0.588. The molecule has 0 N–H and O–H groups in total. The molecule has 23 heavy (non-hydrogen) atoms. The highest BCUT2D eigenvalue weighted by atomic mass is 16.5. The number of aryl methyl sites for hydroxylation is 1. The van der Waals surface area contributed by atoms with Crippen molar-refractivity contribution < 1.29 is 13.7 Å². The highest BCUT2D eigenvalue weighted by Crippen LogP contribution is 2.28. The van der Waals surface area contributed by atoms with Gasteiger partial charge in [0.1, 0.15) is 5.76 Å². The summed E-state index contributed by atoms with van der Waals surface area (Å²) >= 11 is 0. The largest absolute Gasteiger partial charge is 0.456 e. The summed E-state index contributed by atoms with van der Waals surface area (Å²) in [6.45, 7) is 7.37. The van der Waals surface area contributed by atoms with Gasteiger partial charge in [0.25, 0.3) is 5.91 Å². The van der Waals surface area contributed by atoms with Gasteiger partial charge < -0.3 is 13.8 Å². The zero-order valence-electron chi connectivity index (χ0n) is 13.9. The molecule has 0 bridgehead atoms. The topological polar surface area (TPSA) is 72.4 Å². The zero-order valence-corrected chi connectivity index (χ0v) is 13.9. The van der Waals surface area contributed by atoms with Gasteiger partial charge in [-0.25, -0.2) is 0 Å². The summed E-state index contributed by atoms with van der Waals surface area (Å²) < 4.78 is 10.9. The van der Waals surface area contributed by atoms with Crippen LogP contribution in [0.5, 0.6) is 0 Å². The molecule has 6 heteroatoms. The van der Waals surface area contributed by atoms with Crippen LogP contribution >= 0.6 is 0 Å². The van der Waals surface area contributed by atoms with Crippen LogP contribution < -0.4 is 0 Å². The predicted molar refractivity (Wildman–Crippen MR) is 84.3 cm³/mol. The number of likely N-dealkylation sites (tertiary alicyclic amines) is 1. The van der Waals surface area contributed by atoms with E-state index >= 15 is 0 Å². The normalized spacial score (nSPS) is 19.8. The SMILES string of the molecule is CC[C@@H](C)c1noc([C@@H]2CCCN(C(=O)c3ccc(C)o3)C2)n1. The van der Waals surface area contributed by atoms with E-state index < -0.39 is 0 Å². The van der Waals surface area contributed by atoms with Gasteiger partial charge in [-0.05, 0) is 38.3 Å². The molecule has 0 unspecified atom stereocenters. The molecule has 2 aromatic heterocycles. The standard InChI is InChI=1S/C17H23N3O3/c1-4-11(2)15-18-16(23-19-15)13-6-5-9-20(10-13)17(21)14-8-7-12(3)22-14/h7-8,11,13H,4-6,9-10H2,1-3H3/t11-,13-/m1/s1. The number of furan rings is 1. The van der Waals surface area contributed by atoms with Crippen LogP contribution in [0.2, 0.25) is 0 Å². The van der Waals surface area contributed by atoms with E-state index in [1.54, 1.807) is 6.07 Å². The average molecular weight is 317 g/mol. The molecule has 2 aromatic rings. The summed E-state index contributed by atoms with van der Waals surface area (Å²) in [6.07, 6.45) is 2.87. The zero-order chi connectivity index (χ0) is 16.4. The number of nitrogens with zero attached hydrogens (tertiary/aromatic N) is 3. The van der Waals surface area contributed by atoms with Gasteiger partial charge in [0.2, 0.25) is 5.89 Å². The van der Waals surface area contributed by atoms with Crippen LogP contribution in [0.15, 0.2) is 21.1 Å². The molecule has 0 aromatic carbocycles. The van der Waals surface area contributed by atoms with Crippen molar-refractivity contribution in [3.05, 3.63) is 35.4 Å². The second kappa shape index (κ2) is 6.56. The molecule has 1 fully saturated rings. The van der Waals surface area contributed by atoms with Crippen molar-refractivity contribution in [1.82, 2.24) is 15.0 Å². The number of hydrogen-bond acceptors (Lipinski definition) is 5. The Morgan fingerprint density at radius 2 is 2.30 bits per heavy atom. The molecular weight excluding hydrogens is 294 g/mol. The van der Waals surface area contributed by atoms with E-state index in [1.807, 2.05) is 17.9 Å². The van der Waals surface area contributed by atoms with Crippen molar-refractivity contribution in [2.24, 2.45) is 0 Å². The molecule has 0 saturated carbocycles. The molecule has 3 heterocycles. The summed E-state index contributed by atoms with van der Waals surface area (Å²) in [5.41, 5.74) is 0. The van der Waals surface area contributed by atoms with Gasteiger partial charge in [0.15, 0.2) is 11.6 Å². The third-order valence-corrected chi connectivity index (χ3v) is 4.52. The number of hydrogen-bond donors (Lipinski definition) is 0. The Kier molecular flexibility index (Phi) is 4.50. The number of amides is 1. The number of aromatic nitrogens is 2. The van der Waals surface area contributed by atoms with Crippen molar-refractivity contribution in [2.45, 2.75) is 51.9 Å². The minimum atomic E-state index is -0.0653. The first kappa shape index (κ1) is 15.8. The number of rotatable bonds is 4. The molecule has 2 atom stereocenters. The van der Waals surface area contributed by atoms with E-state index in [0.29, 0.717) is 24.1 Å². The lowest BCUT2D eigenvalue weighted by Gasteiger charge is -2.30. The van der Waals surface area contributed by atoms with Crippen LogP contribution in [0.25, 0.3) is 0 Å². The van der Waals surface area contributed by atoms with Crippen molar-refractivity contribution >= 4 is 5.91 Å². The van der Waals surface area contributed by atoms with Gasteiger partial charge >= 0.3 is 0 Å². The fourth-order valence-electron chi connectivity index (χ4n) is 2.86. The fourth-order valence-corrected chi connectivity index (χ4v) is 2.86. The molecule has 0 spiro atoms. The molecule has 1 saturated heterocycles. The number of piperidine rings is 1. The van der Waals surface area contributed by atoms with Gasteiger partial charge in [0, 0.05) is 19.0 Å². The van der Waals surface area contributed by atoms with Crippen molar-refractivity contribution in [2.75, 3.05) is 13.1 Å². The summed E-state index contributed by atoms with van der Waals surface area (Å²) in [5, 5.41) is 4.09. The molecule has 1 amide bonds. The smallest absolute Gasteiger partial charge is 0.289 e. The minimum Gasteiger partial charge on any atom is -0.456 e. The van der Waals surface area contributed by atoms with E-state index in [1.165, 1.54) is 0 Å². The average Bonchev–Trinajstić information content (AvgIpc) is 3.23. The predicted octanol–water partition coefficient (Wildman–Crippen LogP) is 3.50. The summed E-state index contributed by atoms with van der Waals surface area (Å²) in [6, 6.07) is 3.54. The maximum absolute atomic E-state index is 12.5. The van der Waals surface area contributed by atoms with E-state index in [2.05, 4.69) is 24.0 Å². The maximum atomic E-state index is 12.5. The Balaban J connectivity index is 1.70. The Morgan fingerprint density at radius 1 is 1.48 bits per heavy atom. The highest BCUT2D eigenvalue weighted by molar-refractivity contribution is 5.91. The van der Waals surface area contributed by atoms with Gasteiger partial charge in [-0.1, -0.05) is 19.0 Å². The molecule has 6 nitrogen and oxygen atoms in total. The van der Waals surface area contributed by atoms with Crippen molar-refractivity contribution in [3.63, 3.8) is 0 Å².